The van der Waals surface area contributed by atoms with E-state index in [0.717, 1.165) is 43.6 Å². The molecule has 1 atom stereocenters. The number of benzene rings is 1. The second kappa shape index (κ2) is 5.26. The van der Waals surface area contributed by atoms with Crippen LogP contribution in [0.5, 0.6) is 11.5 Å². The highest BCUT2D eigenvalue weighted by molar-refractivity contribution is 5.45. The summed E-state index contributed by atoms with van der Waals surface area (Å²) in [6.45, 7) is 4.87. The van der Waals surface area contributed by atoms with Crippen LogP contribution in [0.2, 0.25) is 0 Å². The summed E-state index contributed by atoms with van der Waals surface area (Å²) in [5.41, 5.74) is 1.40. The van der Waals surface area contributed by atoms with Gasteiger partial charge in [0.15, 0.2) is 11.5 Å². The van der Waals surface area contributed by atoms with Gasteiger partial charge in [0.25, 0.3) is 0 Å². The zero-order chi connectivity index (χ0) is 13.4. The number of nitrogens with one attached hydrogen (secondary N) is 1. The lowest BCUT2D eigenvalue weighted by Crippen LogP contribution is -2.47. The highest BCUT2D eigenvalue weighted by Crippen LogP contribution is 2.44. The molecule has 2 aliphatic heterocycles. The first-order valence-electron chi connectivity index (χ1n) is 7.76. The van der Waals surface area contributed by atoms with Crippen LogP contribution in [0.4, 0.5) is 0 Å². The average molecular weight is 274 g/mol. The fraction of sp³-hybridized carbons (Fsp3) is 0.625. The molecule has 0 radical (unpaired) electrons. The predicted octanol–water partition coefficient (Wildman–Crippen LogP) is 2.16. The monoisotopic (exact) mass is 274 g/mol. The van der Waals surface area contributed by atoms with E-state index < -0.39 is 0 Å². The third kappa shape index (κ3) is 2.17. The van der Waals surface area contributed by atoms with Crippen molar-refractivity contribution in [3.63, 3.8) is 0 Å². The first-order chi connectivity index (χ1) is 9.92. The van der Waals surface area contributed by atoms with Crippen LogP contribution in [0.15, 0.2) is 18.2 Å². The largest absolute Gasteiger partial charge is 0.454 e. The Labute approximate surface area is 120 Å². The Morgan fingerprint density at radius 1 is 1.10 bits per heavy atom. The number of hydrogen-bond donors (Lipinski definition) is 1. The molecule has 1 aromatic carbocycles. The van der Waals surface area contributed by atoms with E-state index in [1.54, 1.807) is 0 Å². The summed E-state index contributed by atoms with van der Waals surface area (Å²) in [5, 5.41) is 3.45. The Hall–Kier alpha value is -1.26. The topological polar surface area (TPSA) is 33.7 Å². The minimum absolute atomic E-state index is 0.362. The van der Waals surface area contributed by atoms with Gasteiger partial charge in [-0.15, -0.1) is 0 Å². The van der Waals surface area contributed by atoms with Crippen LogP contribution in [0, 0.1) is 5.92 Å². The summed E-state index contributed by atoms with van der Waals surface area (Å²) in [6, 6.07) is 7.07. The van der Waals surface area contributed by atoms with Crippen LogP contribution < -0.4 is 14.8 Å². The third-order valence-corrected chi connectivity index (χ3v) is 4.88. The molecule has 1 saturated carbocycles. The van der Waals surface area contributed by atoms with Gasteiger partial charge >= 0.3 is 0 Å². The van der Waals surface area contributed by atoms with Crippen molar-refractivity contribution in [1.29, 1.82) is 0 Å². The molecule has 4 heteroatoms. The number of piperazine rings is 1. The van der Waals surface area contributed by atoms with Crippen molar-refractivity contribution < 1.29 is 9.47 Å². The normalized spacial score (nSPS) is 24.4. The second-order valence-electron chi connectivity index (χ2n) is 6.03. The minimum atomic E-state index is 0.362. The molecule has 2 fully saturated rings. The van der Waals surface area contributed by atoms with Gasteiger partial charge in [0.05, 0.1) is 0 Å². The van der Waals surface area contributed by atoms with Crippen LogP contribution >= 0.6 is 0 Å². The molecule has 2 heterocycles. The van der Waals surface area contributed by atoms with E-state index >= 15 is 0 Å². The Morgan fingerprint density at radius 2 is 1.90 bits per heavy atom. The zero-order valence-corrected chi connectivity index (χ0v) is 11.8. The van der Waals surface area contributed by atoms with E-state index in [1.807, 2.05) is 0 Å². The molecule has 0 bridgehead atoms. The van der Waals surface area contributed by atoms with Gasteiger partial charge in [0.2, 0.25) is 6.79 Å². The lowest BCUT2D eigenvalue weighted by Gasteiger charge is -2.43. The van der Waals surface area contributed by atoms with Crippen LogP contribution in [0.1, 0.15) is 30.9 Å². The van der Waals surface area contributed by atoms with E-state index in [9.17, 15) is 0 Å². The first kappa shape index (κ1) is 12.5. The molecule has 1 aromatic rings. The molecule has 0 aromatic heterocycles. The maximum Gasteiger partial charge on any atom is 0.231 e. The van der Waals surface area contributed by atoms with Crippen molar-refractivity contribution in [3.05, 3.63) is 23.8 Å². The van der Waals surface area contributed by atoms with Crippen LogP contribution in [-0.4, -0.2) is 37.9 Å². The Balaban J connectivity index is 1.63. The van der Waals surface area contributed by atoms with Gasteiger partial charge in [-0.05, 0) is 36.5 Å². The molecule has 1 unspecified atom stereocenters. The van der Waals surface area contributed by atoms with Crippen LogP contribution in [0.25, 0.3) is 0 Å². The zero-order valence-electron chi connectivity index (χ0n) is 11.8. The van der Waals surface area contributed by atoms with Gasteiger partial charge in [-0.25, -0.2) is 0 Å². The standard InChI is InChI=1S/C16H22N2O2/c1-2-12(3-1)16(18-8-6-17-7-9-18)13-4-5-14-15(10-13)20-11-19-14/h4-5,10,12,16-17H,1-3,6-9,11H2. The molecule has 1 N–H and O–H groups in total. The number of ether oxygens (including phenoxy) is 2. The van der Waals surface area contributed by atoms with Gasteiger partial charge in [0, 0.05) is 32.2 Å². The van der Waals surface area contributed by atoms with Crippen molar-refractivity contribution >= 4 is 0 Å². The molecule has 20 heavy (non-hydrogen) atoms. The Morgan fingerprint density at radius 3 is 2.65 bits per heavy atom. The van der Waals surface area contributed by atoms with Gasteiger partial charge < -0.3 is 14.8 Å². The fourth-order valence-electron chi connectivity index (χ4n) is 3.59. The summed E-state index contributed by atoms with van der Waals surface area (Å²) in [7, 11) is 0. The number of hydrogen-bond acceptors (Lipinski definition) is 4. The summed E-state index contributed by atoms with van der Waals surface area (Å²) < 4.78 is 11.0. The quantitative estimate of drug-likeness (QED) is 0.916. The SMILES string of the molecule is c1cc2c(cc1C(C1CCC1)N1CCNCC1)OCO2. The molecular weight excluding hydrogens is 252 g/mol. The summed E-state index contributed by atoms with van der Waals surface area (Å²) >= 11 is 0. The van der Waals surface area contributed by atoms with Gasteiger partial charge in [-0.3, -0.25) is 4.90 Å². The van der Waals surface area contributed by atoms with E-state index in [4.69, 9.17) is 9.47 Å². The van der Waals surface area contributed by atoms with Gasteiger partial charge in [0.1, 0.15) is 0 Å². The van der Waals surface area contributed by atoms with Crippen molar-refractivity contribution in [2.24, 2.45) is 5.92 Å². The Kier molecular flexibility index (Phi) is 3.28. The summed E-state index contributed by atoms with van der Waals surface area (Å²) in [6.07, 6.45) is 4.11. The highest BCUT2D eigenvalue weighted by Gasteiger charge is 2.34. The van der Waals surface area contributed by atoms with E-state index in [2.05, 4.69) is 28.4 Å². The maximum absolute atomic E-state index is 5.55. The fourth-order valence-corrected chi connectivity index (χ4v) is 3.59. The lowest BCUT2D eigenvalue weighted by atomic mass is 9.76. The average Bonchev–Trinajstić information content (AvgIpc) is 2.91. The van der Waals surface area contributed by atoms with Gasteiger partial charge in [-0.1, -0.05) is 12.5 Å². The first-order valence-corrected chi connectivity index (χ1v) is 7.76. The predicted molar refractivity (Wildman–Crippen MR) is 77.1 cm³/mol. The molecule has 1 saturated heterocycles. The summed E-state index contributed by atoms with van der Waals surface area (Å²) in [4.78, 5) is 2.65. The van der Waals surface area contributed by atoms with Crippen molar-refractivity contribution in [2.45, 2.75) is 25.3 Å². The third-order valence-electron chi connectivity index (χ3n) is 4.88. The van der Waals surface area contributed by atoms with Crippen molar-refractivity contribution in [3.8, 4) is 11.5 Å². The van der Waals surface area contributed by atoms with Crippen LogP contribution in [0.3, 0.4) is 0 Å². The lowest BCUT2D eigenvalue weighted by molar-refractivity contribution is 0.0835. The van der Waals surface area contributed by atoms with Crippen molar-refractivity contribution in [1.82, 2.24) is 10.2 Å². The number of fused-ring (bicyclic) bond motifs is 1. The molecule has 3 aliphatic rings. The van der Waals surface area contributed by atoms with E-state index in [-0.39, 0.29) is 0 Å². The van der Waals surface area contributed by atoms with Gasteiger partial charge in [-0.2, -0.15) is 0 Å². The number of rotatable bonds is 3. The molecule has 1 aliphatic carbocycles. The smallest absolute Gasteiger partial charge is 0.231 e. The summed E-state index contributed by atoms with van der Waals surface area (Å²) in [5.74, 6) is 2.62. The number of nitrogens with zero attached hydrogens (tertiary/aromatic N) is 1. The molecule has 0 amide bonds. The molecule has 0 spiro atoms. The highest BCUT2D eigenvalue weighted by atomic mass is 16.7. The second-order valence-corrected chi connectivity index (χ2v) is 6.03. The minimum Gasteiger partial charge on any atom is -0.454 e. The van der Waals surface area contributed by atoms with Crippen LogP contribution in [-0.2, 0) is 0 Å². The maximum atomic E-state index is 5.55. The molecule has 4 rings (SSSR count). The Bertz CT molecular complexity index is 481. The van der Waals surface area contributed by atoms with Crippen molar-refractivity contribution in [2.75, 3.05) is 33.0 Å². The van der Waals surface area contributed by atoms with E-state index in [1.165, 1.54) is 24.8 Å². The molecular formula is C16H22N2O2. The van der Waals surface area contributed by atoms with E-state index in [0.29, 0.717) is 12.8 Å². The molecule has 4 nitrogen and oxygen atoms in total. The molecule has 108 valence electrons.